The molecule has 0 bridgehead atoms. The van der Waals surface area contributed by atoms with Gasteiger partial charge in [-0.1, -0.05) is 35.4 Å². The zero-order valence-electron chi connectivity index (χ0n) is 9.95. The SMILES string of the molecule is C=C(Br)CN1C(=O)NC(=O)C(C2CCCC2)C1=O. The lowest BCUT2D eigenvalue weighted by molar-refractivity contribution is -0.144. The summed E-state index contributed by atoms with van der Waals surface area (Å²) in [6.07, 6.45) is 3.84. The summed E-state index contributed by atoms with van der Waals surface area (Å²) in [4.78, 5) is 36.8. The molecule has 0 spiro atoms. The Bertz CT molecular complexity index is 416. The number of carbonyl (C=O) groups is 3. The topological polar surface area (TPSA) is 66.5 Å². The predicted molar refractivity (Wildman–Crippen MR) is 68.8 cm³/mol. The molecule has 0 aromatic carbocycles. The van der Waals surface area contributed by atoms with E-state index < -0.39 is 23.8 Å². The fourth-order valence-electron chi connectivity index (χ4n) is 2.66. The highest BCUT2D eigenvalue weighted by Gasteiger charge is 2.45. The highest BCUT2D eigenvalue weighted by Crippen LogP contribution is 2.34. The molecule has 18 heavy (non-hydrogen) atoms. The van der Waals surface area contributed by atoms with Crippen molar-refractivity contribution in [3.8, 4) is 0 Å². The molecule has 1 saturated carbocycles. The molecule has 1 aliphatic carbocycles. The van der Waals surface area contributed by atoms with Gasteiger partial charge in [-0.15, -0.1) is 0 Å². The Morgan fingerprint density at radius 1 is 1.33 bits per heavy atom. The van der Waals surface area contributed by atoms with Gasteiger partial charge in [0.25, 0.3) is 0 Å². The summed E-state index contributed by atoms with van der Waals surface area (Å²) in [5, 5.41) is 2.26. The number of carbonyl (C=O) groups excluding carboxylic acids is 3. The first-order valence-electron chi connectivity index (χ1n) is 6.00. The Morgan fingerprint density at radius 3 is 2.50 bits per heavy atom. The van der Waals surface area contributed by atoms with Gasteiger partial charge in [0.15, 0.2) is 0 Å². The number of hydrogen-bond donors (Lipinski definition) is 1. The van der Waals surface area contributed by atoms with E-state index in [0.717, 1.165) is 30.6 Å². The van der Waals surface area contributed by atoms with Crippen LogP contribution >= 0.6 is 15.9 Å². The van der Waals surface area contributed by atoms with Crippen molar-refractivity contribution in [2.45, 2.75) is 25.7 Å². The van der Waals surface area contributed by atoms with Crippen molar-refractivity contribution in [2.24, 2.45) is 11.8 Å². The quantitative estimate of drug-likeness (QED) is 0.807. The second-order valence-corrected chi connectivity index (χ2v) is 5.88. The Labute approximate surface area is 114 Å². The van der Waals surface area contributed by atoms with Crippen LogP contribution in [0.4, 0.5) is 4.79 Å². The van der Waals surface area contributed by atoms with Crippen LogP contribution in [0.15, 0.2) is 11.1 Å². The minimum absolute atomic E-state index is 0.0664. The maximum atomic E-state index is 12.3. The molecule has 0 aromatic rings. The van der Waals surface area contributed by atoms with Crippen molar-refractivity contribution in [1.82, 2.24) is 10.2 Å². The maximum Gasteiger partial charge on any atom is 0.331 e. The van der Waals surface area contributed by atoms with Crippen molar-refractivity contribution < 1.29 is 14.4 Å². The molecule has 1 heterocycles. The molecular weight excluding hydrogens is 300 g/mol. The van der Waals surface area contributed by atoms with E-state index >= 15 is 0 Å². The molecular formula is C12H15BrN2O3. The number of barbiturate groups is 1. The lowest BCUT2D eigenvalue weighted by Crippen LogP contribution is -2.59. The number of rotatable bonds is 3. The molecule has 2 rings (SSSR count). The van der Waals surface area contributed by atoms with Gasteiger partial charge in [-0.2, -0.15) is 0 Å². The van der Waals surface area contributed by atoms with E-state index in [9.17, 15) is 14.4 Å². The number of urea groups is 1. The monoisotopic (exact) mass is 314 g/mol. The molecule has 2 fully saturated rings. The molecule has 1 saturated heterocycles. The smallest absolute Gasteiger partial charge is 0.277 e. The first kappa shape index (κ1) is 13.3. The standard InChI is InChI=1S/C12H15BrN2O3/c1-7(13)6-15-11(17)9(8-4-2-3-5-8)10(16)14-12(15)18/h8-9H,1-6H2,(H,14,16,18). The zero-order valence-corrected chi connectivity index (χ0v) is 11.5. The molecule has 98 valence electrons. The first-order valence-corrected chi connectivity index (χ1v) is 6.79. The van der Waals surface area contributed by atoms with Crippen LogP contribution in [0.3, 0.4) is 0 Å². The van der Waals surface area contributed by atoms with Gasteiger partial charge >= 0.3 is 6.03 Å². The highest BCUT2D eigenvalue weighted by atomic mass is 79.9. The Balaban J connectivity index is 2.19. The summed E-state index contributed by atoms with van der Waals surface area (Å²) in [5.41, 5.74) is 0. The molecule has 1 atom stereocenters. The molecule has 1 N–H and O–H groups in total. The molecule has 1 aliphatic heterocycles. The molecule has 0 aromatic heterocycles. The van der Waals surface area contributed by atoms with E-state index in [1.54, 1.807) is 0 Å². The van der Waals surface area contributed by atoms with Crippen molar-refractivity contribution in [1.29, 1.82) is 0 Å². The van der Waals surface area contributed by atoms with Gasteiger partial charge in [0, 0.05) is 4.48 Å². The first-order chi connectivity index (χ1) is 8.50. The van der Waals surface area contributed by atoms with Crippen LogP contribution in [-0.4, -0.2) is 29.3 Å². The summed E-state index contributed by atoms with van der Waals surface area (Å²) < 4.78 is 0.533. The van der Waals surface area contributed by atoms with Crippen LogP contribution < -0.4 is 5.32 Å². The van der Waals surface area contributed by atoms with E-state index in [-0.39, 0.29) is 12.5 Å². The fourth-order valence-corrected chi connectivity index (χ4v) is 2.91. The molecule has 5 nitrogen and oxygen atoms in total. The molecule has 1 unspecified atom stereocenters. The fraction of sp³-hybridized carbons (Fsp3) is 0.583. The van der Waals surface area contributed by atoms with E-state index in [4.69, 9.17) is 0 Å². The number of hydrogen-bond acceptors (Lipinski definition) is 3. The van der Waals surface area contributed by atoms with Crippen LogP contribution in [0, 0.1) is 11.8 Å². The summed E-state index contributed by atoms with van der Waals surface area (Å²) in [6, 6.07) is -0.653. The third-order valence-corrected chi connectivity index (χ3v) is 3.74. The van der Waals surface area contributed by atoms with Crippen LogP contribution in [-0.2, 0) is 9.59 Å². The third kappa shape index (κ3) is 2.48. The number of amides is 4. The summed E-state index contributed by atoms with van der Waals surface area (Å²) >= 11 is 3.13. The van der Waals surface area contributed by atoms with Gasteiger partial charge in [-0.05, 0) is 18.8 Å². The second kappa shape index (κ2) is 5.22. The average Bonchev–Trinajstić information content (AvgIpc) is 2.77. The van der Waals surface area contributed by atoms with Crippen LogP contribution in [0.5, 0.6) is 0 Å². The minimum Gasteiger partial charge on any atom is -0.277 e. The van der Waals surface area contributed by atoms with E-state index in [0.29, 0.717) is 4.48 Å². The summed E-state index contributed by atoms with van der Waals surface area (Å²) in [5.74, 6) is -1.49. The Morgan fingerprint density at radius 2 is 1.94 bits per heavy atom. The van der Waals surface area contributed by atoms with Crippen molar-refractivity contribution in [3.63, 3.8) is 0 Å². The van der Waals surface area contributed by atoms with Crippen molar-refractivity contribution >= 4 is 33.8 Å². The highest BCUT2D eigenvalue weighted by molar-refractivity contribution is 9.11. The molecule has 6 heteroatoms. The normalized spacial score (nSPS) is 25.5. The average molecular weight is 315 g/mol. The van der Waals surface area contributed by atoms with E-state index in [2.05, 4.69) is 27.8 Å². The van der Waals surface area contributed by atoms with E-state index in [1.807, 2.05) is 0 Å². The van der Waals surface area contributed by atoms with Crippen molar-refractivity contribution in [2.75, 3.05) is 6.54 Å². The van der Waals surface area contributed by atoms with Gasteiger partial charge in [0.2, 0.25) is 11.8 Å². The third-order valence-electron chi connectivity index (χ3n) is 3.49. The Kier molecular flexibility index (Phi) is 3.85. The predicted octanol–water partition coefficient (Wildman–Crippen LogP) is 1.78. The summed E-state index contributed by atoms with van der Waals surface area (Å²) in [7, 11) is 0. The van der Waals surface area contributed by atoms with Gasteiger partial charge in [-0.3, -0.25) is 19.8 Å². The van der Waals surface area contributed by atoms with Crippen LogP contribution in [0.25, 0.3) is 0 Å². The Hall–Kier alpha value is -1.17. The zero-order chi connectivity index (χ0) is 13.3. The van der Waals surface area contributed by atoms with Gasteiger partial charge in [0.1, 0.15) is 5.92 Å². The van der Waals surface area contributed by atoms with Gasteiger partial charge in [0.05, 0.1) is 6.54 Å². The van der Waals surface area contributed by atoms with Gasteiger partial charge in [-0.25, -0.2) is 4.79 Å². The number of imide groups is 2. The summed E-state index contributed by atoms with van der Waals surface area (Å²) in [6.45, 7) is 3.72. The number of nitrogens with one attached hydrogen (secondary N) is 1. The lowest BCUT2D eigenvalue weighted by atomic mass is 9.87. The van der Waals surface area contributed by atoms with E-state index in [1.165, 1.54) is 0 Å². The van der Waals surface area contributed by atoms with Crippen LogP contribution in [0.2, 0.25) is 0 Å². The van der Waals surface area contributed by atoms with Gasteiger partial charge < -0.3 is 0 Å². The second-order valence-electron chi connectivity index (χ2n) is 4.76. The molecule has 0 radical (unpaired) electrons. The van der Waals surface area contributed by atoms with Crippen molar-refractivity contribution in [3.05, 3.63) is 11.1 Å². The van der Waals surface area contributed by atoms with Crippen LogP contribution in [0.1, 0.15) is 25.7 Å². The largest absolute Gasteiger partial charge is 0.331 e. The minimum atomic E-state index is -0.711. The number of nitrogens with zero attached hydrogens (tertiary/aromatic N) is 1. The lowest BCUT2D eigenvalue weighted by Gasteiger charge is -2.32. The maximum absolute atomic E-state index is 12.3. The number of halogens is 1. The molecule has 4 amide bonds. The molecule has 2 aliphatic rings.